The molecule has 3 heteroatoms. The molecule has 92 valence electrons. The second-order valence-corrected chi connectivity index (χ2v) is 3.58. The molecule has 0 unspecified atom stereocenters. The summed E-state index contributed by atoms with van der Waals surface area (Å²) in [5.74, 6) is 1.42. The van der Waals surface area contributed by atoms with E-state index >= 15 is 0 Å². The maximum Gasteiger partial charge on any atom is 0.161 e. The Bertz CT molecular complexity index is 419. The molecule has 0 spiro atoms. The first-order valence-electron chi connectivity index (χ1n) is 5.39. The third-order valence-electron chi connectivity index (χ3n) is 2.36. The van der Waals surface area contributed by atoms with Crippen molar-refractivity contribution in [1.29, 1.82) is 0 Å². The van der Waals surface area contributed by atoms with Crippen molar-refractivity contribution in [3.05, 3.63) is 41.5 Å². The Balaban J connectivity index is 2.89. The maximum absolute atomic E-state index is 8.74. The van der Waals surface area contributed by atoms with Gasteiger partial charge in [0, 0.05) is 0 Å². The van der Waals surface area contributed by atoms with Crippen molar-refractivity contribution < 1.29 is 14.6 Å². The molecule has 1 N–H and O–H groups in total. The van der Waals surface area contributed by atoms with Crippen LogP contribution in [0.5, 0.6) is 11.5 Å². The van der Waals surface area contributed by atoms with Crippen LogP contribution in [0.2, 0.25) is 0 Å². The van der Waals surface area contributed by atoms with Crippen LogP contribution in [0.4, 0.5) is 0 Å². The number of methoxy groups -OCH3 is 2. The summed E-state index contributed by atoms with van der Waals surface area (Å²) in [6.07, 6.45) is 5.65. The lowest BCUT2D eigenvalue weighted by Gasteiger charge is -2.07. The minimum Gasteiger partial charge on any atom is -0.493 e. The van der Waals surface area contributed by atoms with E-state index in [-0.39, 0.29) is 6.61 Å². The monoisotopic (exact) mass is 234 g/mol. The minimum atomic E-state index is 0.0576. The van der Waals surface area contributed by atoms with Gasteiger partial charge in [0.2, 0.25) is 0 Å². The number of aliphatic hydroxyl groups is 1. The van der Waals surface area contributed by atoms with Crippen molar-refractivity contribution in [1.82, 2.24) is 0 Å². The molecule has 0 saturated heterocycles. The number of rotatable bonds is 5. The fourth-order valence-corrected chi connectivity index (χ4v) is 1.40. The number of benzene rings is 1. The van der Waals surface area contributed by atoms with Crippen molar-refractivity contribution >= 4 is 6.08 Å². The highest BCUT2D eigenvalue weighted by Gasteiger charge is 2.02. The molecule has 1 aromatic carbocycles. The SMILES string of the molecule is COc1ccc(/C=C/C(C)=C/CO)cc1OC. The van der Waals surface area contributed by atoms with E-state index in [0.29, 0.717) is 11.5 Å². The molecule has 0 radical (unpaired) electrons. The zero-order valence-corrected chi connectivity index (χ0v) is 10.4. The number of hydrogen-bond donors (Lipinski definition) is 1. The van der Waals surface area contributed by atoms with Gasteiger partial charge in [-0.05, 0) is 24.6 Å². The first-order valence-corrected chi connectivity index (χ1v) is 5.39. The van der Waals surface area contributed by atoms with E-state index in [0.717, 1.165) is 11.1 Å². The lowest BCUT2D eigenvalue weighted by atomic mass is 10.1. The second-order valence-electron chi connectivity index (χ2n) is 3.58. The van der Waals surface area contributed by atoms with Gasteiger partial charge in [0.15, 0.2) is 11.5 Å². The summed E-state index contributed by atoms with van der Waals surface area (Å²) in [6.45, 7) is 2.00. The normalized spacial score (nSPS) is 11.9. The van der Waals surface area contributed by atoms with E-state index in [1.54, 1.807) is 20.3 Å². The summed E-state index contributed by atoms with van der Waals surface area (Å²) in [4.78, 5) is 0. The summed E-state index contributed by atoms with van der Waals surface area (Å²) >= 11 is 0. The van der Waals surface area contributed by atoms with Crippen LogP contribution in [-0.4, -0.2) is 25.9 Å². The Morgan fingerprint density at radius 2 is 1.94 bits per heavy atom. The summed E-state index contributed by atoms with van der Waals surface area (Å²) in [5, 5.41) is 8.74. The summed E-state index contributed by atoms with van der Waals surface area (Å²) < 4.78 is 10.4. The lowest BCUT2D eigenvalue weighted by Crippen LogP contribution is -1.90. The lowest BCUT2D eigenvalue weighted by molar-refractivity contribution is 0.342. The van der Waals surface area contributed by atoms with Crippen LogP contribution in [-0.2, 0) is 0 Å². The van der Waals surface area contributed by atoms with Gasteiger partial charge < -0.3 is 14.6 Å². The molecule has 0 aliphatic rings. The van der Waals surface area contributed by atoms with Crippen molar-refractivity contribution in [2.45, 2.75) is 6.92 Å². The van der Waals surface area contributed by atoms with Gasteiger partial charge in [0.1, 0.15) is 0 Å². The highest BCUT2D eigenvalue weighted by atomic mass is 16.5. The standard InChI is InChI=1S/C14H18O3/c1-11(8-9-15)4-5-12-6-7-13(16-2)14(10-12)17-3/h4-8,10,15H,9H2,1-3H3/b5-4+,11-8+. The quantitative estimate of drug-likeness (QED) is 0.796. The molecule has 1 rings (SSSR count). The van der Waals surface area contributed by atoms with E-state index < -0.39 is 0 Å². The van der Waals surface area contributed by atoms with Crippen LogP contribution in [0.15, 0.2) is 35.9 Å². The molecule has 0 amide bonds. The second kappa shape index (κ2) is 6.76. The third-order valence-corrected chi connectivity index (χ3v) is 2.36. The van der Waals surface area contributed by atoms with Crippen LogP contribution in [0.1, 0.15) is 12.5 Å². The molecule has 0 aliphatic carbocycles. The predicted octanol–water partition coefficient (Wildman–Crippen LogP) is 2.66. The maximum atomic E-state index is 8.74. The van der Waals surface area contributed by atoms with Gasteiger partial charge >= 0.3 is 0 Å². The molecule has 0 heterocycles. The number of hydrogen-bond acceptors (Lipinski definition) is 3. The van der Waals surface area contributed by atoms with E-state index in [1.807, 2.05) is 37.3 Å². The van der Waals surface area contributed by atoms with Crippen LogP contribution < -0.4 is 9.47 Å². The van der Waals surface area contributed by atoms with Crippen molar-refractivity contribution in [2.75, 3.05) is 20.8 Å². The molecular formula is C14H18O3. The van der Waals surface area contributed by atoms with Gasteiger partial charge in [-0.15, -0.1) is 0 Å². The van der Waals surface area contributed by atoms with Gasteiger partial charge in [-0.1, -0.05) is 29.9 Å². The van der Waals surface area contributed by atoms with Crippen molar-refractivity contribution in [2.24, 2.45) is 0 Å². The molecule has 1 aromatic rings. The molecule has 0 atom stereocenters. The largest absolute Gasteiger partial charge is 0.493 e. The fourth-order valence-electron chi connectivity index (χ4n) is 1.40. The van der Waals surface area contributed by atoms with Gasteiger partial charge in [-0.3, -0.25) is 0 Å². The van der Waals surface area contributed by atoms with E-state index in [4.69, 9.17) is 14.6 Å². The molecule has 0 bridgehead atoms. The van der Waals surface area contributed by atoms with E-state index in [2.05, 4.69) is 0 Å². The predicted molar refractivity (Wildman–Crippen MR) is 69.4 cm³/mol. The molecule has 17 heavy (non-hydrogen) atoms. The highest BCUT2D eigenvalue weighted by Crippen LogP contribution is 2.28. The number of allylic oxidation sites excluding steroid dienone is 2. The molecule has 3 nitrogen and oxygen atoms in total. The Morgan fingerprint density at radius 3 is 2.53 bits per heavy atom. The number of ether oxygens (including phenoxy) is 2. The minimum absolute atomic E-state index is 0.0576. The molecular weight excluding hydrogens is 216 g/mol. The Hall–Kier alpha value is -1.74. The number of aliphatic hydroxyl groups excluding tert-OH is 1. The van der Waals surface area contributed by atoms with E-state index in [1.165, 1.54) is 0 Å². The van der Waals surface area contributed by atoms with Crippen LogP contribution in [0.25, 0.3) is 6.08 Å². The van der Waals surface area contributed by atoms with Gasteiger partial charge in [0.25, 0.3) is 0 Å². The molecule has 0 saturated carbocycles. The van der Waals surface area contributed by atoms with Crippen LogP contribution in [0, 0.1) is 0 Å². The highest BCUT2D eigenvalue weighted by molar-refractivity contribution is 5.57. The zero-order chi connectivity index (χ0) is 12.7. The van der Waals surface area contributed by atoms with Crippen LogP contribution >= 0.6 is 0 Å². The van der Waals surface area contributed by atoms with Crippen molar-refractivity contribution in [3.8, 4) is 11.5 Å². The van der Waals surface area contributed by atoms with Gasteiger partial charge in [0.05, 0.1) is 20.8 Å². The average molecular weight is 234 g/mol. The molecule has 0 aromatic heterocycles. The van der Waals surface area contributed by atoms with Crippen LogP contribution in [0.3, 0.4) is 0 Å². The smallest absolute Gasteiger partial charge is 0.161 e. The Kier molecular flexibility index (Phi) is 5.30. The molecule has 0 fully saturated rings. The summed E-state index contributed by atoms with van der Waals surface area (Å²) in [7, 11) is 3.23. The first-order chi connectivity index (χ1) is 8.21. The fraction of sp³-hybridized carbons (Fsp3) is 0.286. The Morgan fingerprint density at radius 1 is 1.24 bits per heavy atom. The third kappa shape index (κ3) is 3.96. The van der Waals surface area contributed by atoms with Gasteiger partial charge in [-0.25, -0.2) is 0 Å². The summed E-state index contributed by atoms with van der Waals surface area (Å²) in [6, 6.07) is 5.72. The first kappa shape index (κ1) is 13.3. The zero-order valence-electron chi connectivity index (χ0n) is 10.4. The summed E-state index contributed by atoms with van der Waals surface area (Å²) in [5.41, 5.74) is 2.04. The van der Waals surface area contributed by atoms with Crippen molar-refractivity contribution in [3.63, 3.8) is 0 Å². The molecule has 0 aliphatic heterocycles. The average Bonchev–Trinajstić information content (AvgIpc) is 2.36. The topological polar surface area (TPSA) is 38.7 Å². The van der Waals surface area contributed by atoms with E-state index in [9.17, 15) is 0 Å². The Labute approximate surface area is 102 Å². The van der Waals surface area contributed by atoms with Gasteiger partial charge in [-0.2, -0.15) is 0 Å².